The zero-order chi connectivity index (χ0) is 16.9. The Labute approximate surface area is 142 Å². The zero-order valence-corrected chi connectivity index (χ0v) is 14.2. The van der Waals surface area contributed by atoms with E-state index in [-0.39, 0.29) is 25.4 Å². The molecule has 1 amide bonds. The van der Waals surface area contributed by atoms with E-state index in [1.165, 1.54) is 17.7 Å². The monoisotopic (exact) mass is 335 g/mol. The molecule has 1 spiro atoms. The molecule has 0 aromatic rings. The minimum absolute atomic E-state index is 0.0648. The van der Waals surface area contributed by atoms with Gasteiger partial charge in [0.1, 0.15) is 12.2 Å². The van der Waals surface area contributed by atoms with E-state index in [9.17, 15) is 9.18 Å². The highest BCUT2D eigenvalue weighted by Crippen LogP contribution is 2.67. The SMILES string of the molecule is CO[C@@H]1C[C@@H]2C[C@H](NCC(=O)N3C[C@@H](F)C[C@H]3C#N)C3(CC3)[C@@H]2C1. The lowest BCUT2D eigenvalue weighted by molar-refractivity contribution is -0.130. The summed E-state index contributed by atoms with van der Waals surface area (Å²) in [4.78, 5) is 13.8. The van der Waals surface area contributed by atoms with Crippen molar-refractivity contribution in [3.05, 3.63) is 0 Å². The fourth-order valence-corrected chi connectivity index (χ4v) is 5.67. The van der Waals surface area contributed by atoms with Crippen LogP contribution in [0.1, 0.15) is 38.5 Å². The van der Waals surface area contributed by atoms with Crippen LogP contribution < -0.4 is 5.32 Å². The van der Waals surface area contributed by atoms with Crippen molar-refractivity contribution in [3.63, 3.8) is 0 Å². The van der Waals surface area contributed by atoms with Gasteiger partial charge in [0.25, 0.3) is 0 Å². The van der Waals surface area contributed by atoms with Gasteiger partial charge in [-0.05, 0) is 49.4 Å². The molecule has 4 aliphatic rings. The summed E-state index contributed by atoms with van der Waals surface area (Å²) >= 11 is 0. The Hall–Kier alpha value is -1.19. The molecule has 0 aromatic carbocycles. The molecule has 1 heterocycles. The maximum absolute atomic E-state index is 13.5. The number of rotatable bonds is 4. The van der Waals surface area contributed by atoms with Crippen molar-refractivity contribution >= 4 is 5.91 Å². The molecule has 3 aliphatic carbocycles. The molecular formula is C18H26FN3O2. The van der Waals surface area contributed by atoms with Gasteiger partial charge in [-0.3, -0.25) is 4.79 Å². The second-order valence-corrected chi connectivity index (χ2v) is 8.12. The standard InChI is InChI=1S/C18H26FN3O2/c1-24-14-4-11-5-16(18(2-3-18)15(11)7-14)21-9-17(23)22-10-12(19)6-13(22)8-20/h11-16,21H,2-7,9-10H2,1H3/t11-,12+,13+,14-,15-,16+/m1/s1. The van der Waals surface area contributed by atoms with E-state index in [1.54, 1.807) is 7.11 Å². The van der Waals surface area contributed by atoms with Crippen molar-refractivity contribution in [2.75, 3.05) is 20.2 Å². The van der Waals surface area contributed by atoms with Crippen LogP contribution in [0.2, 0.25) is 0 Å². The van der Waals surface area contributed by atoms with E-state index in [4.69, 9.17) is 10.00 Å². The first-order chi connectivity index (χ1) is 11.6. The fourth-order valence-electron chi connectivity index (χ4n) is 5.67. The van der Waals surface area contributed by atoms with Gasteiger partial charge < -0.3 is 15.0 Å². The average molecular weight is 335 g/mol. The average Bonchev–Trinajstić information content (AvgIpc) is 3.00. The number of halogens is 1. The third kappa shape index (κ3) is 2.53. The normalized spacial score (nSPS) is 42.3. The Morgan fingerprint density at radius 1 is 1.38 bits per heavy atom. The molecule has 1 N–H and O–H groups in total. The minimum atomic E-state index is -1.06. The summed E-state index contributed by atoms with van der Waals surface area (Å²) in [6, 6.07) is 1.83. The van der Waals surface area contributed by atoms with E-state index in [2.05, 4.69) is 5.32 Å². The predicted molar refractivity (Wildman–Crippen MR) is 85.7 cm³/mol. The molecular weight excluding hydrogens is 309 g/mol. The minimum Gasteiger partial charge on any atom is -0.381 e. The second kappa shape index (κ2) is 5.96. The molecule has 6 atom stereocenters. The third-order valence-electron chi connectivity index (χ3n) is 7.00. The summed E-state index contributed by atoms with van der Waals surface area (Å²) in [5, 5.41) is 12.6. The molecule has 24 heavy (non-hydrogen) atoms. The number of ether oxygens (including phenoxy) is 1. The fraction of sp³-hybridized carbons (Fsp3) is 0.889. The molecule has 1 saturated heterocycles. The van der Waals surface area contributed by atoms with Crippen LogP contribution in [-0.4, -0.2) is 55.4 Å². The third-order valence-corrected chi connectivity index (χ3v) is 7.00. The molecule has 3 saturated carbocycles. The number of amides is 1. The van der Waals surface area contributed by atoms with Crippen molar-refractivity contribution in [2.24, 2.45) is 17.3 Å². The molecule has 6 heteroatoms. The number of nitrogens with one attached hydrogen (secondary N) is 1. The zero-order valence-electron chi connectivity index (χ0n) is 14.2. The number of methoxy groups -OCH3 is 1. The van der Waals surface area contributed by atoms with Gasteiger partial charge in [-0.25, -0.2) is 4.39 Å². The molecule has 0 bridgehead atoms. The van der Waals surface area contributed by atoms with Gasteiger partial charge in [0.05, 0.1) is 25.3 Å². The highest BCUT2D eigenvalue weighted by Gasteiger charge is 2.63. The number of hydrogen-bond acceptors (Lipinski definition) is 4. The van der Waals surface area contributed by atoms with E-state index >= 15 is 0 Å². The van der Waals surface area contributed by atoms with Crippen molar-refractivity contribution in [1.82, 2.24) is 10.2 Å². The lowest BCUT2D eigenvalue weighted by Crippen LogP contribution is -2.45. The number of nitriles is 1. The Morgan fingerprint density at radius 3 is 2.83 bits per heavy atom. The van der Waals surface area contributed by atoms with Gasteiger partial charge in [0.15, 0.2) is 0 Å². The lowest BCUT2D eigenvalue weighted by atomic mass is 9.87. The Morgan fingerprint density at radius 2 is 2.17 bits per heavy atom. The van der Waals surface area contributed by atoms with Crippen LogP contribution in [0.5, 0.6) is 0 Å². The summed E-state index contributed by atoms with van der Waals surface area (Å²) < 4.78 is 19.1. The molecule has 1 aliphatic heterocycles. The molecule has 0 radical (unpaired) electrons. The van der Waals surface area contributed by atoms with Gasteiger partial charge in [0.2, 0.25) is 5.91 Å². The maximum Gasteiger partial charge on any atom is 0.237 e. The van der Waals surface area contributed by atoms with Crippen molar-refractivity contribution in [2.45, 2.75) is 62.9 Å². The van der Waals surface area contributed by atoms with Crippen LogP contribution in [0.15, 0.2) is 0 Å². The van der Waals surface area contributed by atoms with E-state index in [0.29, 0.717) is 23.5 Å². The lowest BCUT2D eigenvalue weighted by Gasteiger charge is -2.27. The highest BCUT2D eigenvalue weighted by atomic mass is 19.1. The molecule has 4 fully saturated rings. The summed E-state index contributed by atoms with van der Waals surface area (Å²) in [7, 11) is 1.81. The molecule has 4 rings (SSSR count). The van der Waals surface area contributed by atoms with Crippen molar-refractivity contribution < 1.29 is 13.9 Å². The molecule has 0 aromatic heterocycles. The number of alkyl halides is 1. The van der Waals surface area contributed by atoms with Gasteiger partial charge in [-0.1, -0.05) is 0 Å². The van der Waals surface area contributed by atoms with Gasteiger partial charge in [-0.2, -0.15) is 5.26 Å². The Balaban J connectivity index is 1.34. The van der Waals surface area contributed by atoms with Crippen molar-refractivity contribution in [3.8, 4) is 6.07 Å². The number of nitrogens with zero attached hydrogens (tertiary/aromatic N) is 2. The smallest absolute Gasteiger partial charge is 0.237 e. The molecule has 132 valence electrons. The van der Waals surface area contributed by atoms with Crippen LogP contribution in [-0.2, 0) is 9.53 Å². The first kappa shape index (κ1) is 16.3. The van der Waals surface area contributed by atoms with Gasteiger partial charge in [-0.15, -0.1) is 0 Å². The van der Waals surface area contributed by atoms with Crippen LogP contribution in [0, 0.1) is 28.6 Å². The number of likely N-dealkylation sites (tertiary alicyclic amines) is 1. The van der Waals surface area contributed by atoms with Gasteiger partial charge >= 0.3 is 0 Å². The first-order valence-corrected chi connectivity index (χ1v) is 9.16. The topological polar surface area (TPSA) is 65.4 Å². The summed E-state index contributed by atoms with van der Waals surface area (Å²) in [6.45, 7) is 0.291. The number of fused-ring (bicyclic) bond motifs is 2. The number of hydrogen-bond donors (Lipinski definition) is 1. The largest absolute Gasteiger partial charge is 0.381 e. The van der Waals surface area contributed by atoms with Crippen LogP contribution in [0.3, 0.4) is 0 Å². The summed E-state index contributed by atoms with van der Waals surface area (Å²) in [5.41, 5.74) is 0.362. The van der Waals surface area contributed by atoms with Crippen LogP contribution in [0.25, 0.3) is 0 Å². The van der Waals surface area contributed by atoms with E-state index in [0.717, 1.165) is 25.2 Å². The number of carbonyl (C=O) groups excluding carboxylic acids is 1. The summed E-state index contributed by atoms with van der Waals surface area (Å²) in [6.07, 6.45) is 5.39. The maximum atomic E-state index is 13.5. The van der Waals surface area contributed by atoms with Gasteiger partial charge in [0, 0.05) is 19.6 Å². The number of carbonyl (C=O) groups is 1. The van der Waals surface area contributed by atoms with Crippen LogP contribution >= 0.6 is 0 Å². The highest BCUT2D eigenvalue weighted by molar-refractivity contribution is 5.79. The quantitative estimate of drug-likeness (QED) is 0.848. The molecule has 5 nitrogen and oxygen atoms in total. The van der Waals surface area contributed by atoms with Crippen molar-refractivity contribution in [1.29, 1.82) is 5.26 Å². The summed E-state index contributed by atoms with van der Waals surface area (Å²) in [5.74, 6) is 1.30. The van der Waals surface area contributed by atoms with E-state index < -0.39 is 12.2 Å². The van der Waals surface area contributed by atoms with E-state index in [1.807, 2.05) is 6.07 Å². The van der Waals surface area contributed by atoms with Crippen LogP contribution in [0.4, 0.5) is 4.39 Å². The second-order valence-electron chi connectivity index (χ2n) is 8.12. The first-order valence-electron chi connectivity index (χ1n) is 9.16. The molecule has 0 unspecified atom stereocenters. The predicted octanol–water partition coefficient (Wildman–Crippen LogP) is 1.63. The Kier molecular flexibility index (Phi) is 4.04. The Bertz CT molecular complexity index is 559.